The van der Waals surface area contributed by atoms with Gasteiger partial charge in [-0.2, -0.15) is 0 Å². The van der Waals surface area contributed by atoms with Crippen LogP contribution in [0.2, 0.25) is 5.02 Å². The zero-order valence-electron chi connectivity index (χ0n) is 10.0. The van der Waals surface area contributed by atoms with Gasteiger partial charge in [-0.05, 0) is 18.9 Å². The number of nitro groups is 1. The van der Waals surface area contributed by atoms with Gasteiger partial charge in [-0.3, -0.25) is 10.1 Å². The van der Waals surface area contributed by atoms with E-state index in [1.807, 2.05) is 0 Å². The van der Waals surface area contributed by atoms with Crippen molar-refractivity contribution in [2.24, 2.45) is 5.18 Å². The minimum atomic E-state index is -1.17. The lowest BCUT2D eigenvalue weighted by Gasteiger charge is -2.07. The molecule has 0 saturated carbocycles. The van der Waals surface area contributed by atoms with Gasteiger partial charge in [0, 0.05) is 16.7 Å². The number of nitrogens with zero attached hydrogens (tertiary/aromatic N) is 2. The van der Waals surface area contributed by atoms with Crippen molar-refractivity contribution in [2.45, 2.75) is 18.9 Å². The molecule has 1 aromatic rings. The van der Waals surface area contributed by atoms with Gasteiger partial charge in [0.05, 0.1) is 12.0 Å². The van der Waals surface area contributed by atoms with E-state index in [0.29, 0.717) is 5.56 Å². The average molecular weight is 287 g/mol. The highest BCUT2D eigenvalue weighted by Gasteiger charge is 2.22. The minimum absolute atomic E-state index is 0.0403. The fourth-order valence-electron chi connectivity index (χ4n) is 1.56. The lowest BCUT2D eigenvalue weighted by atomic mass is 10.0. The largest absolute Gasteiger partial charge is 0.467 e. The molecule has 0 fully saturated rings. The van der Waals surface area contributed by atoms with E-state index in [4.69, 9.17) is 11.6 Å². The molecule has 0 saturated heterocycles. The first-order chi connectivity index (χ1) is 8.99. The standard InChI is InChI=1S/C11H11ClN2O5/c1-19-11(15)9(13-16)5-3-7-2-4-8(12)6-10(7)14(17)18/h2,4,6,9H,3,5H2,1H3. The Morgan fingerprint density at radius 3 is 2.79 bits per heavy atom. The summed E-state index contributed by atoms with van der Waals surface area (Å²) in [5, 5.41) is 13.7. The molecule has 0 aromatic heterocycles. The van der Waals surface area contributed by atoms with E-state index in [1.165, 1.54) is 18.2 Å². The molecule has 1 aromatic carbocycles. The third-order valence-electron chi connectivity index (χ3n) is 2.53. The Morgan fingerprint density at radius 1 is 1.58 bits per heavy atom. The number of nitroso groups, excluding NO2 is 1. The smallest absolute Gasteiger partial charge is 0.334 e. The number of ether oxygens (including phenoxy) is 1. The van der Waals surface area contributed by atoms with E-state index in [0.717, 1.165) is 7.11 Å². The SMILES string of the molecule is COC(=O)C(CCc1ccc(Cl)cc1[N+](=O)[O-])N=O. The third-order valence-corrected chi connectivity index (χ3v) is 2.77. The second kappa shape index (κ2) is 6.79. The Labute approximate surface area is 113 Å². The Balaban J connectivity index is 2.85. The number of rotatable bonds is 6. The van der Waals surface area contributed by atoms with Crippen LogP contribution in [0.5, 0.6) is 0 Å². The first kappa shape index (κ1) is 15.0. The van der Waals surface area contributed by atoms with E-state index in [2.05, 4.69) is 9.91 Å². The van der Waals surface area contributed by atoms with Gasteiger partial charge in [0.25, 0.3) is 5.69 Å². The number of hydrogen-bond donors (Lipinski definition) is 0. The first-order valence-electron chi connectivity index (χ1n) is 5.32. The van der Waals surface area contributed by atoms with Crippen molar-refractivity contribution < 1.29 is 14.5 Å². The highest BCUT2D eigenvalue weighted by Crippen LogP contribution is 2.25. The number of benzene rings is 1. The van der Waals surface area contributed by atoms with Crippen LogP contribution < -0.4 is 0 Å². The van der Waals surface area contributed by atoms with Crippen molar-refractivity contribution >= 4 is 23.3 Å². The highest BCUT2D eigenvalue weighted by atomic mass is 35.5. The summed E-state index contributed by atoms with van der Waals surface area (Å²) in [4.78, 5) is 31.9. The number of carbonyl (C=O) groups excluding carboxylic acids is 1. The number of nitro benzene ring substituents is 1. The van der Waals surface area contributed by atoms with Crippen molar-refractivity contribution in [2.75, 3.05) is 7.11 Å². The molecule has 0 N–H and O–H groups in total. The monoisotopic (exact) mass is 286 g/mol. The summed E-state index contributed by atoms with van der Waals surface area (Å²) in [6, 6.07) is 3.05. The number of carbonyl (C=O) groups is 1. The molecule has 1 atom stereocenters. The van der Waals surface area contributed by atoms with Crippen molar-refractivity contribution in [1.29, 1.82) is 0 Å². The van der Waals surface area contributed by atoms with Gasteiger partial charge < -0.3 is 4.74 Å². The molecule has 0 heterocycles. The number of esters is 1. The van der Waals surface area contributed by atoms with Crippen LogP contribution in [0.3, 0.4) is 0 Å². The van der Waals surface area contributed by atoms with Crippen LogP contribution in [0.4, 0.5) is 5.69 Å². The predicted molar refractivity (Wildman–Crippen MR) is 68.0 cm³/mol. The van der Waals surface area contributed by atoms with E-state index < -0.39 is 16.9 Å². The van der Waals surface area contributed by atoms with Crippen molar-refractivity contribution in [3.05, 3.63) is 43.8 Å². The topological polar surface area (TPSA) is 98.9 Å². The Hall–Kier alpha value is -2.02. The molecular weight excluding hydrogens is 276 g/mol. The fourth-order valence-corrected chi connectivity index (χ4v) is 1.73. The van der Waals surface area contributed by atoms with Gasteiger partial charge in [0.1, 0.15) is 0 Å². The Bertz CT molecular complexity index is 506. The van der Waals surface area contributed by atoms with Gasteiger partial charge in [0.2, 0.25) is 0 Å². The molecule has 1 rings (SSSR count). The molecule has 19 heavy (non-hydrogen) atoms. The van der Waals surface area contributed by atoms with Gasteiger partial charge in [-0.25, -0.2) is 4.79 Å². The third kappa shape index (κ3) is 3.99. The van der Waals surface area contributed by atoms with Crippen LogP contribution in [0.1, 0.15) is 12.0 Å². The summed E-state index contributed by atoms with van der Waals surface area (Å²) in [5.41, 5.74) is 0.231. The zero-order valence-corrected chi connectivity index (χ0v) is 10.8. The van der Waals surface area contributed by atoms with E-state index in [9.17, 15) is 19.8 Å². The maximum atomic E-state index is 11.2. The van der Waals surface area contributed by atoms with Gasteiger partial charge >= 0.3 is 5.97 Å². The Kier molecular flexibility index (Phi) is 5.37. The lowest BCUT2D eigenvalue weighted by Crippen LogP contribution is -2.20. The quantitative estimate of drug-likeness (QED) is 0.346. The van der Waals surface area contributed by atoms with Gasteiger partial charge in [0.15, 0.2) is 6.04 Å². The predicted octanol–water partition coefficient (Wildman–Crippen LogP) is 2.49. The number of aryl methyl sites for hydroxylation is 1. The van der Waals surface area contributed by atoms with Crippen LogP contribution >= 0.6 is 11.6 Å². The maximum absolute atomic E-state index is 11.2. The lowest BCUT2D eigenvalue weighted by molar-refractivity contribution is -0.385. The molecule has 0 aliphatic carbocycles. The van der Waals surface area contributed by atoms with E-state index >= 15 is 0 Å². The van der Waals surface area contributed by atoms with Crippen molar-refractivity contribution in [3.8, 4) is 0 Å². The molecule has 1 unspecified atom stereocenters. The van der Waals surface area contributed by atoms with Crippen LogP contribution in [0.15, 0.2) is 23.4 Å². The Morgan fingerprint density at radius 2 is 2.26 bits per heavy atom. The molecule has 0 aliphatic rings. The summed E-state index contributed by atoms with van der Waals surface area (Å²) < 4.78 is 4.40. The number of hydrogen-bond acceptors (Lipinski definition) is 6. The van der Waals surface area contributed by atoms with Gasteiger partial charge in [-0.15, -0.1) is 4.91 Å². The second-order valence-electron chi connectivity index (χ2n) is 3.71. The average Bonchev–Trinajstić information content (AvgIpc) is 2.40. The normalized spacial score (nSPS) is 11.7. The molecule has 0 amide bonds. The molecule has 8 heteroatoms. The van der Waals surface area contributed by atoms with E-state index in [-0.39, 0.29) is 23.6 Å². The maximum Gasteiger partial charge on any atom is 0.334 e. The first-order valence-corrected chi connectivity index (χ1v) is 5.70. The molecule has 0 spiro atoms. The number of halogens is 1. The van der Waals surface area contributed by atoms with Crippen LogP contribution in [0.25, 0.3) is 0 Å². The molecule has 0 radical (unpaired) electrons. The molecule has 0 aliphatic heterocycles. The van der Waals surface area contributed by atoms with Crippen molar-refractivity contribution in [1.82, 2.24) is 0 Å². The fraction of sp³-hybridized carbons (Fsp3) is 0.364. The summed E-state index contributed by atoms with van der Waals surface area (Å²) in [5.74, 6) is -0.758. The molecule has 102 valence electrons. The summed E-state index contributed by atoms with van der Waals surface area (Å²) >= 11 is 5.68. The molecule has 7 nitrogen and oxygen atoms in total. The highest BCUT2D eigenvalue weighted by molar-refractivity contribution is 6.30. The van der Waals surface area contributed by atoms with Crippen LogP contribution in [0, 0.1) is 15.0 Å². The second-order valence-corrected chi connectivity index (χ2v) is 4.15. The zero-order chi connectivity index (χ0) is 14.4. The minimum Gasteiger partial charge on any atom is -0.467 e. The van der Waals surface area contributed by atoms with Crippen LogP contribution in [-0.2, 0) is 16.0 Å². The summed E-state index contributed by atoms with van der Waals surface area (Å²) in [7, 11) is 1.14. The molecule has 0 bridgehead atoms. The van der Waals surface area contributed by atoms with Crippen molar-refractivity contribution in [3.63, 3.8) is 0 Å². The van der Waals surface area contributed by atoms with E-state index in [1.54, 1.807) is 0 Å². The van der Waals surface area contributed by atoms with Gasteiger partial charge in [-0.1, -0.05) is 22.8 Å². The summed E-state index contributed by atoms with van der Waals surface area (Å²) in [6.07, 6.45) is 0.192. The summed E-state index contributed by atoms with van der Waals surface area (Å²) in [6.45, 7) is 0. The molecular formula is C11H11ClN2O5. The van der Waals surface area contributed by atoms with Crippen LogP contribution in [-0.4, -0.2) is 24.0 Å². The number of methoxy groups -OCH3 is 1.